The first-order valence-corrected chi connectivity index (χ1v) is 7.40. The molecule has 0 bridgehead atoms. The number of hydrogen-bond donors (Lipinski definition) is 2. The van der Waals surface area contributed by atoms with Crippen LogP contribution in [-0.4, -0.2) is 21.9 Å². The second kappa shape index (κ2) is 6.75. The minimum absolute atomic E-state index is 0.138. The molecule has 26 heavy (non-hydrogen) atoms. The standard InChI is InChI=1S/C16H8ClF4N3O2/c17-11-7(1-2-9(19)12(11)21)13-8(16(25)26)5-23-15(24-13)14-10(20)3-6(18)4-22-14/h1-5,13H,(H,23,24)(H,25,26). The number of aliphatic carboxylic acids is 1. The predicted octanol–water partition coefficient (Wildman–Crippen LogP) is 3.35. The Morgan fingerprint density at radius 3 is 2.58 bits per heavy atom. The molecule has 5 nitrogen and oxygen atoms in total. The number of carboxylic acid groups (broad SMARTS) is 1. The van der Waals surface area contributed by atoms with Crippen molar-refractivity contribution in [1.29, 1.82) is 0 Å². The number of carbonyl (C=O) groups is 1. The SMILES string of the molecule is O=C(O)C1=CNC(c2ncc(F)cc2F)=NC1c1ccc(F)c(F)c1Cl. The van der Waals surface area contributed by atoms with E-state index >= 15 is 0 Å². The van der Waals surface area contributed by atoms with Gasteiger partial charge in [-0.2, -0.15) is 0 Å². The fraction of sp³-hybridized carbons (Fsp3) is 0.0625. The van der Waals surface area contributed by atoms with Crippen LogP contribution in [0.3, 0.4) is 0 Å². The summed E-state index contributed by atoms with van der Waals surface area (Å²) in [5.74, 6) is -6.17. The summed E-state index contributed by atoms with van der Waals surface area (Å²) < 4.78 is 54.0. The molecule has 1 aromatic carbocycles. The lowest BCUT2D eigenvalue weighted by atomic mass is 9.98. The Morgan fingerprint density at radius 2 is 1.92 bits per heavy atom. The van der Waals surface area contributed by atoms with E-state index in [1.54, 1.807) is 0 Å². The number of carboxylic acids is 1. The van der Waals surface area contributed by atoms with Crippen molar-refractivity contribution in [2.24, 2.45) is 4.99 Å². The van der Waals surface area contributed by atoms with E-state index in [-0.39, 0.29) is 22.7 Å². The lowest BCUT2D eigenvalue weighted by Crippen LogP contribution is -2.30. The molecule has 1 aromatic heterocycles. The number of nitrogens with one attached hydrogen (secondary N) is 1. The van der Waals surface area contributed by atoms with E-state index < -0.39 is 40.3 Å². The highest BCUT2D eigenvalue weighted by molar-refractivity contribution is 6.31. The molecule has 0 saturated heterocycles. The van der Waals surface area contributed by atoms with Crippen LogP contribution in [-0.2, 0) is 4.79 Å². The van der Waals surface area contributed by atoms with E-state index in [9.17, 15) is 27.5 Å². The van der Waals surface area contributed by atoms with Gasteiger partial charge in [0.25, 0.3) is 0 Å². The molecule has 0 radical (unpaired) electrons. The molecule has 2 heterocycles. The number of benzene rings is 1. The summed E-state index contributed by atoms with van der Waals surface area (Å²) in [5, 5.41) is 11.1. The van der Waals surface area contributed by atoms with Crippen molar-refractivity contribution in [3.05, 3.63) is 75.7 Å². The molecule has 3 rings (SSSR count). The summed E-state index contributed by atoms with van der Waals surface area (Å²) in [6.07, 6.45) is 1.75. The van der Waals surface area contributed by atoms with Gasteiger partial charge in [-0.05, 0) is 6.07 Å². The molecular weight excluding hydrogens is 378 g/mol. The van der Waals surface area contributed by atoms with Crippen LogP contribution in [0, 0.1) is 23.3 Å². The van der Waals surface area contributed by atoms with Crippen LogP contribution in [0.25, 0.3) is 0 Å². The van der Waals surface area contributed by atoms with E-state index in [0.29, 0.717) is 6.07 Å². The lowest BCUT2D eigenvalue weighted by Gasteiger charge is -2.22. The molecule has 1 atom stereocenters. The van der Waals surface area contributed by atoms with Gasteiger partial charge >= 0.3 is 5.97 Å². The fourth-order valence-corrected chi connectivity index (χ4v) is 2.60. The number of pyridine rings is 1. The minimum Gasteiger partial charge on any atom is -0.478 e. The maximum atomic E-state index is 13.9. The van der Waals surface area contributed by atoms with Gasteiger partial charge in [0, 0.05) is 17.8 Å². The maximum Gasteiger partial charge on any atom is 0.335 e. The van der Waals surface area contributed by atoms with Crippen LogP contribution in [0.15, 0.2) is 41.2 Å². The summed E-state index contributed by atoms with van der Waals surface area (Å²) in [6.45, 7) is 0. The van der Waals surface area contributed by atoms with E-state index in [1.165, 1.54) is 0 Å². The second-order valence-corrected chi connectivity index (χ2v) is 5.56. The smallest absolute Gasteiger partial charge is 0.335 e. The molecule has 1 unspecified atom stereocenters. The zero-order valence-corrected chi connectivity index (χ0v) is 13.4. The lowest BCUT2D eigenvalue weighted by molar-refractivity contribution is -0.133. The van der Waals surface area contributed by atoms with Gasteiger partial charge in [0.2, 0.25) is 0 Å². The molecule has 2 aromatic rings. The highest BCUT2D eigenvalue weighted by atomic mass is 35.5. The van der Waals surface area contributed by atoms with Gasteiger partial charge < -0.3 is 10.4 Å². The molecule has 0 fully saturated rings. The van der Waals surface area contributed by atoms with Crippen molar-refractivity contribution in [2.75, 3.05) is 0 Å². The van der Waals surface area contributed by atoms with E-state index in [0.717, 1.165) is 24.5 Å². The van der Waals surface area contributed by atoms with Crippen molar-refractivity contribution >= 4 is 23.4 Å². The Morgan fingerprint density at radius 1 is 1.19 bits per heavy atom. The summed E-state index contributed by atoms with van der Waals surface area (Å²) in [5.41, 5.74) is -0.860. The van der Waals surface area contributed by atoms with Crippen molar-refractivity contribution in [3.63, 3.8) is 0 Å². The van der Waals surface area contributed by atoms with E-state index in [4.69, 9.17) is 11.6 Å². The van der Waals surface area contributed by atoms with Crippen LogP contribution < -0.4 is 5.32 Å². The first-order valence-electron chi connectivity index (χ1n) is 7.02. The molecule has 2 N–H and O–H groups in total. The molecule has 0 spiro atoms. The molecule has 0 aliphatic carbocycles. The normalized spacial score (nSPS) is 16.6. The average molecular weight is 386 g/mol. The van der Waals surface area contributed by atoms with Gasteiger partial charge in [-0.1, -0.05) is 17.7 Å². The highest BCUT2D eigenvalue weighted by Gasteiger charge is 2.30. The third-order valence-electron chi connectivity index (χ3n) is 3.56. The Balaban J connectivity index is 2.14. The van der Waals surface area contributed by atoms with Crippen molar-refractivity contribution in [2.45, 2.75) is 6.04 Å². The molecular formula is C16H8ClF4N3O2. The topological polar surface area (TPSA) is 74.6 Å². The largest absolute Gasteiger partial charge is 0.478 e. The number of amidine groups is 1. The van der Waals surface area contributed by atoms with Gasteiger partial charge in [-0.3, -0.25) is 4.99 Å². The second-order valence-electron chi connectivity index (χ2n) is 5.18. The van der Waals surface area contributed by atoms with Crippen LogP contribution in [0.5, 0.6) is 0 Å². The number of halogens is 5. The number of hydrogen-bond acceptors (Lipinski definition) is 4. The molecule has 0 saturated carbocycles. The van der Waals surface area contributed by atoms with Gasteiger partial charge in [0.05, 0.1) is 16.8 Å². The quantitative estimate of drug-likeness (QED) is 0.627. The van der Waals surface area contributed by atoms with Crippen molar-refractivity contribution in [1.82, 2.24) is 10.3 Å². The van der Waals surface area contributed by atoms with Crippen LogP contribution in [0.1, 0.15) is 17.3 Å². The van der Waals surface area contributed by atoms with Crippen molar-refractivity contribution < 1.29 is 27.5 Å². The number of aliphatic imine (C=N–C) groups is 1. The Hall–Kier alpha value is -2.94. The van der Waals surface area contributed by atoms with E-state index in [1.807, 2.05) is 0 Å². The zero-order chi connectivity index (χ0) is 19.0. The maximum absolute atomic E-state index is 13.9. The van der Waals surface area contributed by atoms with E-state index in [2.05, 4.69) is 15.3 Å². The number of nitrogens with zero attached hydrogens (tertiary/aromatic N) is 2. The first-order chi connectivity index (χ1) is 12.3. The molecule has 1 aliphatic rings. The van der Waals surface area contributed by atoms with Crippen molar-refractivity contribution in [3.8, 4) is 0 Å². The summed E-state index contributed by atoms with van der Waals surface area (Å²) in [4.78, 5) is 19.0. The summed E-state index contributed by atoms with van der Waals surface area (Å²) in [7, 11) is 0. The molecule has 134 valence electrons. The average Bonchev–Trinajstić information content (AvgIpc) is 2.59. The van der Waals surface area contributed by atoms with Gasteiger partial charge in [-0.25, -0.2) is 27.3 Å². The van der Waals surface area contributed by atoms with Crippen LogP contribution in [0.2, 0.25) is 5.02 Å². The Bertz CT molecular complexity index is 978. The zero-order valence-electron chi connectivity index (χ0n) is 12.6. The Labute approximate surface area is 148 Å². The Kier molecular flexibility index (Phi) is 4.64. The fourth-order valence-electron chi connectivity index (χ4n) is 2.35. The third-order valence-corrected chi connectivity index (χ3v) is 3.94. The van der Waals surface area contributed by atoms with Crippen LogP contribution >= 0.6 is 11.6 Å². The molecule has 1 aliphatic heterocycles. The third kappa shape index (κ3) is 3.13. The van der Waals surface area contributed by atoms with Gasteiger partial charge in [0.15, 0.2) is 23.3 Å². The van der Waals surface area contributed by atoms with Crippen LogP contribution in [0.4, 0.5) is 17.6 Å². The predicted molar refractivity (Wildman–Crippen MR) is 83.7 cm³/mol. The molecule has 10 heteroatoms. The minimum atomic E-state index is -1.40. The summed E-state index contributed by atoms with van der Waals surface area (Å²) >= 11 is 5.78. The number of rotatable bonds is 3. The molecule has 0 amide bonds. The monoisotopic (exact) mass is 385 g/mol. The number of aromatic nitrogens is 1. The first kappa shape index (κ1) is 17.9. The summed E-state index contributed by atoms with van der Waals surface area (Å²) in [6, 6.07) is 1.05. The van der Waals surface area contributed by atoms with Gasteiger partial charge in [0.1, 0.15) is 17.6 Å². The highest BCUT2D eigenvalue weighted by Crippen LogP contribution is 2.35. The van der Waals surface area contributed by atoms with Gasteiger partial charge in [-0.15, -0.1) is 0 Å².